The minimum Gasteiger partial charge on any atom is -0.347 e. The number of hydrogen-bond donors (Lipinski definition) is 1. The fraction of sp³-hybridized carbons (Fsp3) is 0.692. The van der Waals surface area contributed by atoms with Crippen LogP contribution in [-0.2, 0) is 0 Å². The first-order valence-electron chi connectivity index (χ1n) is 6.65. The van der Waals surface area contributed by atoms with Crippen molar-refractivity contribution in [2.45, 2.75) is 37.6 Å². The second kappa shape index (κ2) is 4.61. The third-order valence-electron chi connectivity index (χ3n) is 4.15. The van der Waals surface area contributed by atoms with Gasteiger partial charge in [0.25, 0.3) is 0 Å². The molecule has 1 spiro atoms. The number of aromatic nitrogens is 2. The van der Waals surface area contributed by atoms with Gasteiger partial charge in [-0.1, -0.05) is 19.3 Å². The highest BCUT2D eigenvalue weighted by molar-refractivity contribution is 5.41. The molecule has 3 rings (SSSR count). The first-order chi connectivity index (χ1) is 8.41. The fourth-order valence-electron chi connectivity index (χ4n) is 3.29. The maximum atomic E-state index is 4.49. The topological polar surface area (TPSA) is 41.1 Å². The molecule has 92 valence electrons. The van der Waals surface area contributed by atoms with Gasteiger partial charge in [0, 0.05) is 32.0 Å². The van der Waals surface area contributed by atoms with Crippen LogP contribution in [-0.4, -0.2) is 35.1 Å². The molecule has 1 N–H and O–H groups in total. The molecule has 0 aromatic carbocycles. The van der Waals surface area contributed by atoms with Gasteiger partial charge >= 0.3 is 0 Å². The molecule has 1 aliphatic carbocycles. The van der Waals surface area contributed by atoms with E-state index in [9.17, 15) is 0 Å². The van der Waals surface area contributed by atoms with Crippen LogP contribution >= 0.6 is 0 Å². The minimum atomic E-state index is 0.298. The third-order valence-corrected chi connectivity index (χ3v) is 4.15. The van der Waals surface area contributed by atoms with Gasteiger partial charge in [0.15, 0.2) is 0 Å². The number of hydrogen-bond acceptors (Lipinski definition) is 4. The molecular formula is C13H20N4. The van der Waals surface area contributed by atoms with E-state index in [0.717, 1.165) is 25.5 Å². The number of nitrogens with zero attached hydrogens (tertiary/aromatic N) is 3. The number of nitrogens with one attached hydrogen (secondary N) is 1. The maximum Gasteiger partial charge on any atom is 0.147 e. The van der Waals surface area contributed by atoms with Gasteiger partial charge in [-0.25, -0.2) is 4.98 Å². The average Bonchev–Trinajstić information content (AvgIpc) is 2.41. The predicted molar refractivity (Wildman–Crippen MR) is 68.1 cm³/mol. The van der Waals surface area contributed by atoms with Crippen LogP contribution in [0.4, 0.5) is 5.82 Å². The summed E-state index contributed by atoms with van der Waals surface area (Å²) in [6.07, 6.45) is 12.1. The van der Waals surface area contributed by atoms with Gasteiger partial charge in [0.05, 0.1) is 11.7 Å². The first-order valence-corrected chi connectivity index (χ1v) is 6.65. The summed E-state index contributed by atoms with van der Waals surface area (Å²) < 4.78 is 0. The lowest BCUT2D eigenvalue weighted by Crippen LogP contribution is -2.62. The van der Waals surface area contributed by atoms with Gasteiger partial charge in [0.2, 0.25) is 0 Å². The van der Waals surface area contributed by atoms with E-state index in [2.05, 4.69) is 20.2 Å². The van der Waals surface area contributed by atoms with Crippen LogP contribution in [0.5, 0.6) is 0 Å². The van der Waals surface area contributed by atoms with Crippen molar-refractivity contribution in [1.82, 2.24) is 15.3 Å². The molecule has 0 unspecified atom stereocenters. The molecule has 1 aromatic heterocycles. The third kappa shape index (κ3) is 2.02. The summed E-state index contributed by atoms with van der Waals surface area (Å²) in [4.78, 5) is 11.2. The Hall–Kier alpha value is -1.16. The van der Waals surface area contributed by atoms with Crippen molar-refractivity contribution in [3.8, 4) is 0 Å². The Morgan fingerprint density at radius 3 is 2.82 bits per heavy atom. The van der Waals surface area contributed by atoms with Crippen molar-refractivity contribution in [3.05, 3.63) is 18.6 Å². The van der Waals surface area contributed by atoms with E-state index in [1.165, 1.54) is 32.1 Å². The van der Waals surface area contributed by atoms with Crippen LogP contribution in [0.15, 0.2) is 18.6 Å². The molecule has 4 nitrogen and oxygen atoms in total. The highest BCUT2D eigenvalue weighted by atomic mass is 15.3. The van der Waals surface area contributed by atoms with Crippen molar-refractivity contribution < 1.29 is 0 Å². The molecule has 0 bridgehead atoms. The number of anilines is 1. The van der Waals surface area contributed by atoms with Crippen molar-refractivity contribution >= 4 is 5.82 Å². The van der Waals surface area contributed by atoms with Gasteiger partial charge in [-0.2, -0.15) is 0 Å². The predicted octanol–water partition coefficient (Wildman–Crippen LogP) is 1.59. The smallest absolute Gasteiger partial charge is 0.147 e. The molecule has 2 aliphatic rings. The van der Waals surface area contributed by atoms with Gasteiger partial charge in [-0.3, -0.25) is 4.98 Å². The summed E-state index contributed by atoms with van der Waals surface area (Å²) in [6, 6.07) is 0. The van der Waals surface area contributed by atoms with E-state index in [1.807, 2.05) is 6.20 Å². The van der Waals surface area contributed by atoms with Gasteiger partial charge < -0.3 is 10.2 Å². The van der Waals surface area contributed by atoms with Crippen LogP contribution in [0.3, 0.4) is 0 Å². The molecule has 1 saturated carbocycles. The summed E-state index contributed by atoms with van der Waals surface area (Å²) in [5.74, 6) is 1.05. The summed E-state index contributed by atoms with van der Waals surface area (Å²) in [5, 5.41) is 3.56. The van der Waals surface area contributed by atoms with Crippen molar-refractivity contribution in [1.29, 1.82) is 0 Å². The molecule has 17 heavy (non-hydrogen) atoms. The molecule has 2 fully saturated rings. The second-order valence-corrected chi connectivity index (χ2v) is 5.18. The van der Waals surface area contributed by atoms with E-state index >= 15 is 0 Å². The Labute approximate surface area is 102 Å². The summed E-state index contributed by atoms with van der Waals surface area (Å²) in [6.45, 7) is 3.21. The van der Waals surface area contributed by atoms with E-state index in [-0.39, 0.29) is 0 Å². The summed E-state index contributed by atoms with van der Waals surface area (Å²) in [5.41, 5.74) is 0.298. The van der Waals surface area contributed by atoms with Gasteiger partial charge in [-0.05, 0) is 12.8 Å². The van der Waals surface area contributed by atoms with Gasteiger partial charge in [-0.15, -0.1) is 0 Å². The zero-order valence-corrected chi connectivity index (χ0v) is 10.2. The molecule has 0 atom stereocenters. The second-order valence-electron chi connectivity index (χ2n) is 5.18. The van der Waals surface area contributed by atoms with Crippen LogP contribution in [0, 0.1) is 0 Å². The average molecular weight is 232 g/mol. The van der Waals surface area contributed by atoms with Crippen LogP contribution < -0.4 is 10.2 Å². The largest absolute Gasteiger partial charge is 0.347 e. The van der Waals surface area contributed by atoms with E-state index in [4.69, 9.17) is 0 Å². The highest BCUT2D eigenvalue weighted by Crippen LogP contribution is 2.36. The molecular weight excluding hydrogens is 212 g/mol. The number of piperazine rings is 1. The lowest BCUT2D eigenvalue weighted by Gasteiger charge is -2.50. The maximum absolute atomic E-state index is 4.49. The Morgan fingerprint density at radius 2 is 2.06 bits per heavy atom. The highest BCUT2D eigenvalue weighted by Gasteiger charge is 2.40. The molecule has 2 heterocycles. The van der Waals surface area contributed by atoms with Crippen LogP contribution in [0.1, 0.15) is 32.1 Å². The lowest BCUT2D eigenvalue weighted by molar-refractivity contribution is 0.239. The zero-order chi connectivity index (χ0) is 11.6. The van der Waals surface area contributed by atoms with Crippen LogP contribution in [0.2, 0.25) is 0 Å². The Bertz CT molecular complexity index is 351. The summed E-state index contributed by atoms with van der Waals surface area (Å²) in [7, 11) is 0. The zero-order valence-electron chi connectivity index (χ0n) is 10.2. The Morgan fingerprint density at radius 1 is 1.18 bits per heavy atom. The standard InChI is InChI=1S/C13H20N4/c1-2-4-13(5-3-1)11-15-8-9-17(13)12-10-14-6-7-16-12/h6-7,10,15H,1-5,8-9,11H2. The first kappa shape index (κ1) is 11.0. The van der Waals surface area contributed by atoms with E-state index in [1.54, 1.807) is 12.4 Å². The Balaban J connectivity index is 1.89. The normalized spacial score (nSPS) is 23.9. The van der Waals surface area contributed by atoms with Crippen molar-refractivity contribution in [2.75, 3.05) is 24.5 Å². The monoisotopic (exact) mass is 232 g/mol. The fourth-order valence-corrected chi connectivity index (χ4v) is 3.29. The molecule has 1 aromatic rings. The Kier molecular flexibility index (Phi) is 2.97. The lowest BCUT2D eigenvalue weighted by atomic mass is 9.79. The van der Waals surface area contributed by atoms with Crippen molar-refractivity contribution in [3.63, 3.8) is 0 Å². The number of rotatable bonds is 1. The summed E-state index contributed by atoms with van der Waals surface area (Å²) >= 11 is 0. The van der Waals surface area contributed by atoms with E-state index in [0.29, 0.717) is 5.54 Å². The quantitative estimate of drug-likeness (QED) is 0.798. The SMILES string of the molecule is c1cnc(N2CCNCC23CCCCC3)cn1. The molecule has 1 aliphatic heterocycles. The molecule has 1 saturated heterocycles. The molecule has 4 heteroatoms. The minimum absolute atomic E-state index is 0.298. The van der Waals surface area contributed by atoms with Gasteiger partial charge in [0.1, 0.15) is 5.82 Å². The van der Waals surface area contributed by atoms with E-state index < -0.39 is 0 Å². The molecule has 0 radical (unpaired) electrons. The van der Waals surface area contributed by atoms with Crippen molar-refractivity contribution in [2.24, 2.45) is 0 Å². The van der Waals surface area contributed by atoms with Crippen LogP contribution in [0.25, 0.3) is 0 Å². The molecule has 0 amide bonds.